The van der Waals surface area contributed by atoms with Crippen LogP contribution in [0.4, 0.5) is 5.69 Å². The molecule has 24 heavy (non-hydrogen) atoms. The van der Waals surface area contributed by atoms with E-state index < -0.39 is 21.8 Å². The average molecular weight is 329 g/mol. The Labute approximate surface area is 137 Å². The van der Waals surface area contributed by atoms with Crippen molar-refractivity contribution in [3.63, 3.8) is 0 Å². The Hall–Kier alpha value is -3.16. The van der Waals surface area contributed by atoms with Gasteiger partial charge in [0.15, 0.2) is 5.78 Å². The van der Waals surface area contributed by atoms with Gasteiger partial charge in [-0.2, -0.15) is 0 Å². The third-order valence-electron chi connectivity index (χ3n) is 3.80. The predicted octanol–water partition coefficient (Wildman–Crippen LogP) is 3.01. The summed E-state index contributed by atoms with van der Waals surface area (Å²) >= 11 is 0. The molecule has 0 unspecified atom stereocenters. The molecule has 1 aromatic heterocycles. The van der Waals surface area contributed by atoms with E-state index in [4.69, 9.17) is 0 Å². The van der Waals surface area contributed by atoms with Crippen LogP contribution in [0.3, 0.4) is 0 Å². The Balaban J connectivity index is 2.29. The van der Waals surface area contributed by atoms with Gasteiger partial charge in [0.2, 0.25) is 6.04 Å². The van der Waals surface area contributed by atoms with Crippen LogP contribution in [-0.2, 0) is 0 Å². The fourth-order valence-corrected chi connectivity index (χ4v) is 2.39. The van der Waals surface area contributed by atoms with Crippen molar-refractivity contribution in [1.82, 2.24) is 4.98 Å². The third kappa shape index (κ3) is 3.97. The minimum Gasteiger partial charge on any atom is -0.292 e. The van der Waals surface area contributed by atoms with Crippen LogP contribution in [0.1, 0.15) is 35.3 Å². The van der Waals surface area contributed by atoms with Gasteiger partial charge in [0, 0.05) is 36.6 Å². The number of benzene rings is 1. The smallest absolute Gasteiger partial charge is 0.269 e. The van der Waals surface area contributed by atoms with E-state index in [2.05, 4.69) is 4.98 Å². The number of rotatable bonds is 7. The average Bonchev–Trinajstić information content (AvgIpc) is 2.59. The second kappa shape index (κ2) is 7.40. The Morgan fingerprint density at radius 3 is 2.29 bits per heavy atom. The summed E-state index contributed by atoms with van der Waals surface area (Å²) in [7, 11) is 0. The number of aromatic nitrogens is 1. The van der Waals surface area contributed by atoms with E-state index in [0.29, 0.717) is 5.56 Å². The highest BCUT2D eigenvalue weighted by Gasteiger charge is 2.31. The monoisotopic (exact) mass is 329 g/mol. The van der Waals surface area contributed by atoms with E-state index >= 15 is 0 Å². The lowest BCUT2D eigenvalue weighted by Crippen LogP contribution is -2.26. The number of nitro benzene ring substituents is 1. The molecular formula is C16H15N3O5. The van der Waals surface area contributed by atoms with Crippen molar-refractivity contribution in [2.24, 2.45) is 0 Å². The van der Waals surface area contributed by atoms with E-state index in [1.807, 2.05) is 0 Å². The maximum atomic E-state index is 12.3. The van der Waals surface area contributed by atoms with Crippen LogP contribution in [0, 0.1) is 20.2 Å². The highest BCUT2D eigenvalue weighted by Crippen LogP contribution is 2.28. The van der Waals surface area contributed by atoms with Gasteiger partial charge in [0.1, 0.15) is 5.69 Å². The zero-order valence-corrected chi connectivity index (χ0v) is 12.9. The number of hydrogen-bond acceptors (Lipinski definition) is 6. The summed E-state index contributed by atoms with van der Waals surface area (Å²) in [6, 6.07) is 9.33. The number of hydrogen-bond donors (Lipinski definition) is 0. The summed E-state index contributed by atoms with van der Waals surface area (Å²) in [5.41, 5.74) is 0.636. The second-order valence-corrected chi connectivity index (χ2v) is 5.32. The molecule has 0 aliphatic heterocycles. The summed E-state index contributed by atoms with van der Waals surface area (Å²) in [4.78, 5) is 37.2. The maximum absolute atomic E-state index is 12.3. The van der Waals surface area contributed by atoms with E-state index in [1.54, 1.807) is 18.2 Å². The molecule has 8 nitrogen and oxygen atoms in total. The number of Topliss-reactive ketones (excluding diaryl/α,β-unsaturated/α-hetero) is 1. The number of non-ortho nitro benzene ring substituents is 1. The van der Waals surface area contributed by atoms with Crippen LogP contribution in [0.2, 0.25) is 0 Å². The van der Waals surface area contributed by atoms with Crippen LogP contribution in [0.5, 0.6) is 0 Å². The molecule has 0 saturated heterocycles. The molecule has 2 aromatic rings. The van der Waals surface area contributed by atoms with E-state index in [9.17, 15) is 25.0 Å². The summed E-state index contributed by atoms with van der Waals surface area (Å²) < 4.78 is 0. The normalized spacial score (nSPS) is 13.0. The van der Waals surface area contributed by atoms with Crippen molar-refractivity contribution >= 4 is 11.5 Å². The van der Waals surface area contributed by atoms with Crippen molar-refractivity contribution in [2.75, 3.05) is 0 Å². The van der Waals surface area contributed by atoms with Crippen molar-refractivity contribution in [3.8, 4) is 0 Å². The second-order valence-electron chi connectivity index (χ2n) is 5.32. The first-order valence-electron chi connectivity index (χ1n) is 7.22. The molecule has 0 spiro atoms. The molecule has 0 N–H and O–H groups in total. The van der Waals surface area contributed by atoms with E-state index in [1.165, 1.54) is 37.4 Å². The Kier molecular flexibility index (Phi) is 5.31. The van der Waals surface area contributed by atoms with Crippen molar-refractivity contribution in [1.29, 1.82) is 0 Å². The van der Waals surface area contributed by atoms with E-state index in [0.717, 1.165) is 0 Å². The number of carbonyl (C=O) groups is 1. The first kappa shape index (κ1) is 17.2. The standard InChI is InChI=1S/C16H15N3O5/c1-11(18(21)22)14(10-16(20)15-4-2-3-9-17-15)12-5-7-13(8-6-12)19(23)24/h2-9,11,14H,10H2,1H3/t11-,14+/m0/s1. The van der Waals surface area contributed by atoms with Gasteiger partial charge in [-0.1, -0.05) is 18.2 Å². The van der Waals surface area contributed by atoms with Crippen molar-refractivity contribution in [2.45, 2.75) is 25.3 Å². The molecule has 2 atom stereocenters. The minimum absolute atomic E-state index is 0.100. The largest absolute Gasteiger partial charge is 0.292 e. The van der Waals surface area contributed by atoms with Gasteiger partial charge < -0.3 is 0 Å². The first-order valence-corrected chi connectivity index (χ1v) is 7.22. The van der Waals surface area contributed by atoms with Gasteiger partial charge in [-0.25, -0.2) is 0 Å². The molecule has 1 aromatic carbocycles. The molecule has 0 aliphatic rings. The quantitative estimate of drug-likeness (QED) is 0.438. The molecule has 2 rings (SSSR count). The highest BCUT2D eigenvalue weighted by molar-refractivity contribution is 5.94. The summed E-state index contributed by atoms with van der Waals surface area (Å²) in [6.45, 7) is 1.41. The van der Waals surface area contributed by atoms with Gasteiger partial charge in [0.25, 0.3) is 5.69 Å². The molecule has 0 saturated carbocycles. The lowest BCUT2D eigenvalue weighted by molar-refractivity contribution is -0.522. The molecule has 0 fully saturated rings. The molecule has 0 aliphatic carbocycles. The molecule has 1 heterocycles. The number of carbonyl (C=O) groups excluding carboxylic acids is 1. The fraction of sp³-hybridized carbons (Fsp3) is 0.250. The topological polar surface area (TPSA) is 116 Å². The first-order chi connectivity index (χ1) is 11.4. The molecular weight excluding hydrogens is 314 g/mol. The lowest BCUT2D eigenvalue weighted by Gasteiger charge is -2.17. The van der Waals surface area contributed by atoms with Gasteiger partial charge >= 0.3 is 0 Å². The zero-order chi connectivity index (χ0) is 17.7. The number of nitro groups is 2. The SMILES string of the molecule is C[C@@H]([C@@H](CC(=O)c1ccccn1)c1ccc([N+](=O)[O-])cc1)[N+](=O)[O-]. The zero-order valence-electron chi connectivity index (χ0n) is 12.9. The maximum Gasteiger partial charge on any atom is 0.269 e. The van der Waals surface area contributed by atoms with Crippen molar-refractivity contribution in [3.05, 3.63) is 80.1 Å². The van der Waals surface area contributed by atoms with Crippen LogP contribution < -0.4 is 0 Å². The predicted molar refractivity (Wildman–Crippen MR) is 85.5 cm³/mol. The van der Waals surface area contributed by atoms with Gasteiger partial charge in [-0.05, 0) is 17.7 Å². The van der Waals surface area contributed by atoms with Gasteiger partial charge in [0.05, 0.1) is 10.8 Å². The Morgan fingerprint density at radius 1 is 1.12 bits per heavy atom. The summed E-state index contributed by atoms with van der Waals surface area (Å²) in [5.74, 6) is -1.01. The fourth-order valence-electron chi connectivity index (χ4n) is 2.39. The molecule has 0 amide bonds. The Bertz CT molecular complexity index is 746. The number of pyridine rings is 1. The third-order valence-corrected chi connectivity index (χ3v) is 3.80. The van der Waals surface area contributed by atoms with Crippen LogP contribution in [0.25, 0.3) is 0 Å². The van der Waals surface area contributed by atoms with Crippen LogP contribution in [-0.4, -0.2) is 26.7 Å². The summed E-state index contributed by atoms with van der Waals surface area (Å²) in [6.07, 6.45) is 1.38. The highest BCUT2D eigenvalue weighted by atomic mass is 16.6. The Morgan fingerprint density at radius 2 is 1.79 bits per heavy atom. The molecule has 0 radical (unpaired) electrons. The van der Waals surface area contributed by atoms with Gasteiger partial charge in [-0.3, -0.25) is 30.0 Å². The lowest BCUT2D eigenvalue weighted by atomic mass is 9.87. The van der Waals surface area contributed by atoms with E-state index in [-0.39, 0.29) is 23.6 Å². The molecule has 0 bridgehead atoms. The van der Waals surface area contributed by atoms with Gasteiger partial charge in [-0.15, -0.1) is 0 Å². The molecule has 8 heteroatoms. The van der Waals surface area contributed by atoms with Crippen molar-refractivity contribution < 1.29 is 14.6 Å². The van der Waals surface area contributed by atoms with Crippen LogP contribution >= 0.6 is 0 Å². The minimum atomic E-state index is -1.01. The molecule has 124 valence electrons. The summed E-state index contributed by atoms with van der Waals surface area (Å²) in [5, 5.41) is 21.9. The van der Waals surface area contributed by atoms with Crippen LogP contribution in [0.15, 0.2) is 48.7 Å². The number of ketones is 1. The number of nitrogens with zero attached hydrogens (tertiary/aromatic N) is 3.